The van der Waals surface area contributed by atoms with Crippen LogP contribution in [-0.2, 0) is 11.8 Å². The molecule has 1 unspecified atom stereocenters. The van der Waals surface area contributed by atoms with Crippen LogP contribution in [0.15, 0.2) is 42.5 Å². The van der Waals surface area contributed by atoms with Crippen LogP contribution in [0, 0.1) is 5.92 Å². The molecule has 0 aliphatic rings. The molecule has 0 saturated carbocycles. The molecule has 0 bridgehead atoms. The predicted molar refractivity (Wildman–Crippen MR) is 160 cm³/mol. The van der Waals surface area contributed by atoms with Crippen LogP contribution in [0.1, 0.15) is 64.0 Å². The SMILES string of the molecule is CCCCNCC(CCCNCCCc1ccc(OC)c(OC)c1)(c1ccc(Cl)cc1)C(C)C.Cl.Cl. The van der Waals surface area contributed by atoms with E-state index in [1.807, 2.05) is 18.2 Å². The van der Waals surface area contributed by atoms with Crippen LogP contribution in [0.3, 0.4) is 0 Å². The molecule has 206 valence electrons. The van der Waals surface area contributed by atoms with E-state index in [0.29, 0.717) is 5.92 Å². The van der Waals surface area contributed by atoms with Crippen LogP contribution in [0.25, 0.3) is 0 Å². The van der Waals surface area contributed by atoms with Crippen molar-refractivity contribution < 1.29 is 9.47 Å². The molecule has 0 aromatic heterocycles. The summed E-state index contributed by atoms with van der Waals surface area (Å²) in [5.41, 5.74) is 2.78. The van der Waals surface area contributed by atoms with E-state index in [0.717, 1.165) is 68.4 Å². The lowest BCUT2D eigenvalue weighted by molar-refractivity contribution is 0.263. The molecule has 0 aliphatic heterocycles. The zero-order valence-electron chi connectivity index (χ0n) is 22.7. The largest absolute Gasteiger partial charge is 0.493 e. The first-order chi connectivity index (χ1) is 16.5. The van der Waals surface area contributed by atoms with Crippen molar-refractivity contribution in [2.75, 3.05) is 40.4 Å². The van der Waals surface area contributed by atoms with E-state index in [1.54, 1.807) is 14.2 Å². The molecule has 0 saturated heterocycles. The highest BCUT2D eigenvalue weighted by atomic mass is 35.5. The Bertz CT molecular complexity index is 834. The Balaban J connectivity index is 0.00000612. The van der Waals surface area contributed by atoms with Gasteiger partial charge in [0.25, 0.3) is 0 Å². The van der Waals surface area contributed by atoms with Crippen LogP contribution >= 0.6 is 36.4 Å². The van der Waals surface area contributed by atoms with Crippen molar-refractivity contribution in [3.63, 3.8) is 0 Å². The van der Waals surface area contributed by atoms with Gasteiger partial charge < -0.3 is 20.1 Å². The average molecular weight is 562 g/mol. The minimum absolute atomic E-state index is 0. The highest BCUT2D eigenvalue weighted by Gasteiger charge is 2.34. The smallest absolute Gasteiger partial charge is 0.160 e. The predicted octanol–water partition coefficient (Wildman–Crippen LogP) is 7.49. The van der Waals surface area contributed by atoms with Gasteiger partial charge in [-0.2, -0.15) is 0 Å². The molecule has 0 fully saturated rings. The van der Waals surface area contributed by atoms with E-state index in [-0.39, 0.29) is 30.2 Å². The van der Waals surface area contributed by atoms with Gasteiger partial charge in [-0.1, -0.05) is 57.0 Å². The zero-order chi connectivity index (χ0) is 24.8. The molecule has 2 N–H and O–H groups in total. The summed E-state index contributed by atoms with van der Waals surface area (Å²) in [6.07, 6.45) is 6.85. The summed E-state index contributed by atoms with van der Waals surface area (Å²) in [4.78, 5) is 0. The molecular weight excluding hydrogens is 515 g/mol. The number of ether oxygens (including phenoxy) is 2. The first kappa shape index (κ1) is 34.8. The molecule has 2 aromatic rings. The number of nitrogens with one attached hydrogen (secondary N) is 2. The summed E-state index contributed by atoms with van der Waals surface area (Å²) in [6, 6.07) is 14.7. The second-order valence-electron chi connectivity index (χ2n) is 9.49. The second-order valence-corrected chi connectivity index (χ2v) is 9.93. The number of unbranched alkanes of at least 4 members (excludes halogenated alkanes) is 1. The maximum Gasteiger partial charge on any atom is 0.160 e. The monoisotopic (exact) mass is 560 g/mol. The fourth-order valence-electron chi connectivity index (χ4n) is 4.66. The fourth-order valence-corrected chi connectivity index (χ4v) is 4.79. The van der Waals surface area contributed by atoms with Gasteiger partial charge in [0.15, 0.2) is 11.5 Å². The number of hydrogen-bond donors (Lipinski definition) is 2. The molecule has 0 spiro atoms. The van der Waals surface area contributed by atoms with E-state index in [1.165, 1.54) is 24.0 Å². The van der Waals surface area contributed by atoms with Gasteiger partial charge in [-0.25, -0.2) is 0 Å². The average Bonchev–Trinajstić information content (AvgIpc) is 2.85. The van der Waals surface area contributed by atoms with Gasteiger partial charge in [-0.15, -0.1) is 24.8 Å². The maximum absolute atomic E-state index is 6.20. The molecule has 0 aliphatic carbocycles. The second kappa shape index (κ2) is 19.0. The molecule has 0 heterocycles. The number of hydrogen-bond acceptors (Lipinski definition) is 4. The number of aryl methyl sites for hydroxylation is 1. The number of benzene rings is 2. The molecule has 2 aromatic carbocycles. The lowest BCUT2D eigenvalue weighted by Gasteiger charge is -2.39. The molecule has 1 atom stereocenters. The summed E-state index contributed by atoms with van der Waals surface area (Å²) >= 11 is 6.20. The summed E-state index contributed by atoms with van der Waals surface area (Å²) < 4.78 is 10.7. The summed E-state index contributed by atoms with van der Waals surface area (Å²) in [5.74, 6) is 2.11. The Labute approximate surface area is 237 Å². The van der Waals surface area contributed by atoms with Crippen LogP contribution < -0.4 is 20.1 Å². The first-order valence-electron chi connectivity index (χ1n) is 12.8. The minimum atomic E-state index is 0. The Morgan fingerprint density at radius 2 is 1.47 bits per heavy atom. The van der Waals surface area contributed by atoms with Crippen molar-refractivity contribution in [3.8, 4) is 11.5 Å². The van der Waals surface area contributed by atoms with E-state index in [9.17, 15) is 0 Å². The molecule has 7 heteroatoms. The van der Waals surface area contributed by atoms with Crippen LogP contribution in [0.5, 0.6) is 11.5 Å². The topological polar surface area (TPSA) is 42.5 Å². The lowest BCUT2D eigenvalue weighted by Crippen LogP contribution is -2.43. The Morgan fingerprint density at radius 3 is 2.08 bits per heavy atom. The first-order valence-corrected chi connectivity index (χ1v) is 13.2. The van der Waals surface area contributed by atoms with Crippen molar-refractivity contribution in [1.82, 2.24) is 10.6 Å². The van der Waals surface area contributed by atoms with Gasteiger partial charge >= 0.3 is 0 Å². The van der Waals surface area contributed by atoms with Crippen molar-refractivity contribution in [2.24, 2.45) is 5.92 Å². The number of methoxy groups -OCH3 is 2. The van der Waals surface area contributed by atoms with E-state index in [2.05, 4.69) is 55.7 Å². The Hall–Kier alpha value is -1.17. The van der Waals surface area contributed by atoms with Gasteiger partial charge in [0.2, 0.25) is 0 Å². The van der Waals surface area contributed by atoms with Gasteiger partial charge in [0, 0.05) is 17.0 Å². The van der Waals surface area contributed by atoms with Crippen LogP contribution in [0.2, 0.25) is 5.02 Å². The van der Waals surface area contributed by atoms with Crippen molar-refractivity contribution >= 4 is 36.4 Å². The van der Waals surface area contributed by atoms with Crippen molar-refractivity contribution in [2.45, 2.75) is 64.7 Å². The fraction of sp³-hybridized carbons (Fsp3) is 0.586. The zero-order valence-corrected chi connectivity index (χ0v) is 25.1. The lowest BCUT2D eigenvalue weighted by atomic mass is 9.68. The van der Waals surface area contributed by atoms with Crippen molar-refractivity contribution in [3.05, 3.63) is 58.6 Å². The number of halogens is 3. The normalized spacial score (nSPS) is 12.4. The van der Waals surface area contributed by atoms with E-state index >= 15 is 0 Å². The van der Waals surface area contributed by atoms with Gasteiger partial charge in [-0.3, -0.25) is 0 Å². The third kappa shape index (κ3) is 10.7. The van der Waals surface area contributed by atoms with E-state index in [4.69, 9.17) is 21.1 Å². The van der Waals surface area contributed by atoms with Crippen LogP contribution in [0.4, 0.5) is 0 Å². The standard InChI is InChI=1S/C29H45ClN2O2.2ClH/c1-6-7-18-32-22-29(23(2)3,25-12-14-26(30)15-13-25)17-9-20-31-19-8-10-24-11-16-27(33-4)28(21-24)34-5;;/h11-16,21,23,31-32H,6-10,17-20,22H2,1-5H3;2*1H. The number of rotatable bonds is 17. The third-order valence-corrected chi connectivity index (χ3v) is 7.17. The molecular formula is C29H47Cl3N2O2. The molecule has 36 heavy (non-hydrogen) atoms. The summed E-state index contributed by atoms with van der Waals surface area (Å²) in [5, 5.41) is 8.21. The molecule has 0 radical (unpaired) electrons. The highest BCUT2D eigenvalue weighted by molar-refractivity contribution is 6.30. The summed E-state index contributed by atoms with van der Waals surface area (Å²) in [6.45, 7) is 11.1. The van der Waals surface area contributed by atoms with E-state index < -0.39 is 0 Å². The van der Waals surface area contributed by atoms with Gasteiger partial charge in [0.05, 0.1) is 14.2 Å². The van der Waals surface area contributed by atoms with Crippen LogP contribution in [-0.4, -0.2) is 40.4 Å². The molecule has 0 amide bonds. The van der Waals surface area contributed by atoms with Gasteiger partial charge in [-0.05, 0) is 93.0 Å². The Morgan fingerprint density at radius 1 is 0.833 bits per heavy atom. The van der Waals surface area contributed by atoms with Gasteiger partial charge in [0.1, 0.15) is 0 Å². The third-order valence-electron chi connectivity index (χ3n) is 6.92. The minimum Gasteiger partial charge on any atom is -0.493 e. The maximum atomic E-state index is 6.20. The molecule has 2 rings (SSSR count). The molecule has 4 nitrogen and oxygen atoms in total. The van der Waals surface area contributed by atoms with Crippen molar-refractivity contribution in [1.29, 1.82) is 0 Å². The summed E-state index contributed by atoms with van der Waals surface area (Å²) in [7, 11) is 3.35. The Kier molecular flexibility index (Phi) is 18.4. The quantitative estimate of drug-likeness (QED) is 0.196. The highest BCUT2D eigenvalue weighted by Crippen LogP contribution is 2.37.